The zero-order chi connectivity index (χ0) is 12.3. The summed E-state index contributed by atoms with van der Waals surface area (Å²) in [5, 5.41) is 8.31. The smallest absolute Gasteiger partial charge is 0.234 e. The molecule has 0 saturated heterocycles. The van der Waals surface area contributed by atoms with Crippen LogP contribution in [0.2, 0.25) is 0 Å². The molecule has 1 amide bonds. The van der Waals surface area contributed by atoms with E-state index in [0.29, 0.717) is 12.6 Å². The molecule has 0 radical (unpaired) electrons. The lowest BCUT2D eigenvalue weighted by Gasteiger charge is -2.23. The molecular weight excluding hydrogens is 232 g/mol. The molecule has 0 atom stereocenters. The molecule has 94 valence electrons. The average Bonchev–Trinajstić information content (AvgIpc) is 2.89. The highest BCUT2D eigenvalue weighted by Crippen LogP contribution is 2.26. The Labute approximate surface area is 107 Å². The summed E-state index contributed by atoms with van der Waals surface area (Å²) >= 11 is 1.77. The van der Waals surface area contributed by atoms with Crippen molar-refractivity contribution in [3.8, 4) is 0 Å². The van der Waals surface area contributed by atoms with Crippen molar-refractivity contribution in [3.63, 3.8) is 0 Å². The Bertz CT molecular complexity index is 369. The van der Waals surface area contributed by atoms with Crippen molar-refractivity contribution in [2.75, 3.05) is 13.1 Å². The van der Waals surface area contributed by atoms with Gasteiger partial charge in [0.1, 0.15) is 0 Å². The molecule has 2 N–H and O–H groups in total. The maximum atomic E-state index is 11.5. The van der Waals surface area contributed by atoms with Gasteiger partial charge in [0.25, 0.3) is 0 Å². The second-order valence-corrected chi connectivity index (χ2v) is 6.25. The first-order valence-electron chi connectivity index (χ1n) is 6.12. The van der Waals surface area contributed by atoms with Gasteiger partial charge in [-0.25, -0.2) is 0 Å². The van der Waals surface area contributed by atoms with Gasteiger partial charge in [-0.3, -0.25) is 4.79 Å². The summed E-state index contributed by atoms with van der Waals surface area (Å²) in [5.74, 6) is 0.120. The third-order valence-corrected chi connectivity index (χ3v) is 4.22. The van der Waals surface area contributed by atoms with E-state index in [1.807, 2.05) is 0 Å². The number of rotatable bonds is 6. The molecule has 1 aliphatic carbocycles. The summed E-state index contributed by atoms with van der Waals surface area (Å²) in [6.07, 6.45) is 2.29. The Morgan fingerprint density at radius 3 is 2.88 bits per heavy atom. The van der Waals surface area contributed by atoms with Gasteiger partial charge in [-0.15, -0.1) is 11.3 Å². The number of hydrogen-bond donors (Lipinski definition) is 2. The highest BCUT2D eigenvalue weighted by molar-refractivity contribution is 7.10. The number of nitrogens with one attached hydrogen (secondary N) is 2. The molecule has 0 aromatic carbocycles. The van der Waals surface area contributed by atoms with E-state index in [9.17, 15) is 4.79 Å². The molecule has 1 saturated carbocycles. The standard InChI is InChI=1S/C13H20N2OS/c1-13(2,11-4-3-7-17-11)9-14-8-12(16)15-10-5-6-10/h3-4,7,10,14H,5-6,8-9H2,1-2H3,(H,15,16). The molecule has 1 fully saturated rings. The quantitative estimate of drug-likeness (QED) is 0.812. The number of hydrogen-bond acceptors (Lipinski definition) is 3. The maximum Gasteiger partial charge on any atom is 0.234 e. The predicted molar refractivity (Wildman–Crippen MR) is 71.4 cm³/mol. The molecule has 0 aliphatic heterocycles. The Balaban J connectivity index is 1.71. The molecule has 0 bridgehead atoms. The second-order valence-electron chi connectivity index (χ2n) is 5.31. The summed E-state index contributed by atoms with van der Waals surface area (Å²) in [5.41, 5.74) is 0.0913. The molecule has 4 heteroatoms. The van der Waals surface area contributed by atoms with Crippen molar-refractivity contribution in [1.29, 1.82) is 0 Å². The molecule has 17 heavy (non-hydrogen) atoms. The first-order valence-corrected chi connectivity index (χ1v) is 7.00. The largest absolute Gasteiger partial charge is 0.352 e. The van der Waals surface area contributed by atoms with Crippen LogP contribution in [0.5, 0.6) is 0 Å². The lowest BCUT2D eigenvalue weighted by atomic mass is 9.91. The van der Waals surface area contributed by atoms with Crippen molar-refractivity contribution in [2.45, 2.75) is 38.1 Å². The van der Waals surface area contributed by atoms with Gasteiger partial charge in [0.15, 0.2) is 0 Å². The first kappa shape index (κ1) is 12.6. The molecule has 0 spiro atoms. The molecule has 2 rings (SSSR count). The average molecular weight is 252 g/mol. The number of amides is 1. The first-order chi connectivity index (χ1) is 8.08. The van der Waals surface area contributed by atoms with Crippen LogP contribution >= 0.6 is 11.3 Å². The van der Waals surface area contributed by atoms with E-state index in [1.165, 1.54) is 4.88 Å². The molecule has 1 aliphatic rings. The van der Waals surface area contributed by atoms with Gasteiger partial charge in [0.05, 0.1) is 6.54 Å². The number of thiophene rings is 1. The van der Waals surface area contributed by atoms with Gasteiger partial charge >= 0.3 is 0 Å². The van der Waals surface area contributed by atoms with E-state index < -0.39 is 0 Å². The lowest BCUT2D eigenvalue weighted by molar-refractivity contribution is -0.120. The Morgan fingerprint density at radius 1 is 1.53 bits per heavy atom. The van der Waals surface area contributed by atoms with E-state index in [0.717, 1.165) is 19.4 Å². The third-order valence-electron chi connectivity index (χ3n) is 2.98. The summed E-state index contributed by atoms with van der Waals surface area (Å²) in [4.78, 5) is 12.8. The van der Waals surface area contributed by atoms with E-state index in [2.05, 4.69) is 42.0 Å². The Kier molecular flexibility index (Phi) is 3.84. The fourth-order valence-corrected chi connectivity index (χ4v) is 2.60. The predicted octanol–water partition coefficient (Wildman–Crippen LogP) is 1.89. The van der Waals surface area contributed by atoms with Crippen LogP contribution in [-0.4, -0.2) is 25.0 Å². The zero-order valence-electron chi connectivity index (χ0n) is 10.5. The molecule has 0 unspecified atom stereocenters. The van der Waals surface area contributed by atoms with E-state index in [1.54, 1.807) is 11.3 Å². The number of carbonyl (C=O) groups is 1. The van der Waals surface area contributed by atoms with Crippen LogP contribution in [0.3, 0.4) is 0 Å². The summed E-state index contributed by atoms with van der Waals surface area (Å²) in [7, 11) is 0. The molecule has 3 nitrogen and oxygen atoms in total. The van der Waals surface area contributed by atoms with Crippen molar-refractivity contribution in [3.05, 3.63) is 22.4 Å². The van der Waals surface area contributed by atoms with Crippen LogP contribution in [0.25, 0.3) is 0 Å². The minimum Gasteiger partial charge on any atom is -0.352 e. The second kappa shape index (κ2) is 5.19. The molecule has 1 heterocycles. The molecule has 1 aromatic rings. The van der Waals surface area contributed by atoms with Crippen molar-refractivity contribution in [1.82, 2.24) is 10.6 Å². The fraction of sp³-hybridized carbons (Fsp3) is 0.615. The fourth-order valence-electron chi connectivity index (χ4n) is 1.75. The summed E-state index contributed by atoms with van der Waals surface area (Å²) < 4.78 is 0. The van der Waals surface area contributed by atoms with Crippen LogP contribution in [-0.2, 0) is 10.2 Å². The Hall–Kier alpha value is -0.870. The zero-order valence-corrected chi connectivity index (χ0v) is 11.3. The van der Waals surface area contributed by atoms with Gasteiger partial charge in [-0.2, -0.15) is 0 Å². The highest BCUT2D eigenvalue weighted by atomic mass is 32.1. The van der Waals surface area contributed by atoms with Crippen LogP contribution in [0.4, 0.5) is 0 Å². The van der Waals surface area contributed by atoms with E-state index in [-0.39, 0.29) is 11.3 Å². The van der Waals surface area contributed by atoms with Crippen molar-refractivity contribution in [2.24, 2.45) is 0 Å². The topological polar surface area (TPSA) is 41.1 Å². The van der Waals surface area contributed by atoms with Crippen LogP contribution in [0.15, 0.2) is 17.5 Å². The summed E-state index contributed by atoms with van der Waals surface area (Å²) in [6.45, 7) is 5.65. The SMILES string of the molecule is CC(C)(CNCC(=O)NC1CC1)c1cccs1. The van der Waals surface area contributed by atoms with Gasteiger partial charge in [-0.05, 0) is 24.3 Å². The molecule has 1 aromatic heterocycles. The van der Waals surface area contributed by atoms with Crippen LogP contribution < -0.4 is 10.6 Å². The van der Waals surface area contributed by atoms with Crippen LogP contribution in [0.1, 0.15) is 31.6 Å². The summed E-state index contributed by atoms with van der Waals surface area (Å²) in [6, 6.07) is 4.67. The monoisotopic (exact) mass is 252 g/mol. The van der Waals surface area contributed by atoms with Crippen molar-refractivity contribution < 1.29 is 4.79 Å². The number of carbonyl (C=O) groups excluding carboxylic acids is 1. The maximum absolute atomic E-state index is 11.5. The molecular formula is C13H20N2OS. The minimum atomic E-state index is 0.0913. The highest BCUT2D eigenvalue weighted by Gasteiger charge is 2.24. The van der Waals surface area contributed by atoms with Gasteiger partial charge in [-0.1, -0.05) is 19.9 Å². The van der Waals surface area contributed by atoms with E-state index >= 15 is 0 Å². The van der Waals surface area contributed by atoms with Crippen molar-refractivity contribution >= 4 is 17.2 Å². The minimum absolute atomic E-state index is 0.0913. The van der Waals surface area contributed by atoms with Gasteiger partial charge < -0.3 is 10.6 Å². The van der Waals surface area contributed by atoms with Gasteiger partial charge in [0.2, 0.25) is 5.91 Å². The van der Waals surface area contributed by atoms with Crippen LogP contribution in [0, 0.1) is 0 Å². The van der Waals surface area contributed by atoms with E-state index in [4.69, 9.17) is 0 Å². The Morgan fingerprint density at radius 2 is 2.29 bits per heavy atom. The third kappa shape index (κ3) is 3.82. The lowest BCUT2D eigenvalue weighted by Crippen LogP contribution is -2.40. The normalized spacial score (nSPS) is 15.9. The van der Waals surface area contributed by atoms with Gasteiger partial charge in [0, 0.05) is 22.9 Å².